The van der Waals surface area contributed by atoms with E-state index in [1.807, 2.05) is 25.7 Å². The summed E-state index contributed by atoms with van der Waals surface area (Å²) in [5, 5.41) is 0. The second-order valence-corrected chi connectivity index (χ2v) is 6.79. The standard InChI is InChI=1S/C17H24F2N2O2/c1-17(2,3)23-16(22)21-10-8-20(9-11-21)12-15(19)13-4-6-14(18)7-5-13/h4-7,15H,8-12H2,1-3H3. The van der Waals surface area contributed by atoms with Crippen LogP contribution in [0.3, 0.4) is 0 Å². The van der Waals surface area contributed by atoms with E-state index in [1.165, 1.54) is 24.3 Å². The van der Waals surface area contributed by atoms with Gasteiger partial charge in [-0.2, -0.15) is 0 Å². The van der Waals surface area contributed by atoms with Crippen molar-refractivity contribution in [2.75, 3.05) is 32.7 Å². The minimum atomic E-state index is -1.16. The Morgan fingerprint density at radius 2 is 1.74 bits per heavy atom. The maximum absolute atomic E-state index is 14.3. The predicted molar refractivity (Wildman–Crippen MR) is 84.5 cm³/mol. The molecule has 1 aliphatic rings. The Morgan fingerprint density at radius 1 is 1.17 bits per heavy atom. The van der Waals surface area contributed by atoms with E-state index in [-0.39, 0.29) is 18.5 Å². The van der Waals surface area contributed by atoms with Crippen LogP contribution < -0.4 is 0 Å². The summed E-state index contributed by atoms with van der Waals surface area (Å²) in [7, 11) is 0. The average Bonchev–Trinajstić information content (AvgIpc) is 2.46. The maximum Gasteiger partial charge on any atom is 0.410 e. The molecule has 1 atom stereocenters. The van der Waals surface area contributed by atoms with Gasteiger partial charge in [-0.15, -0.1) is 0 Å². The van der Waals surface area contributed by atoms with Crippen molar-refractivity contribution in [2.45, 2.75) is 32.5 Å². The summed E-state index contributed by atoms with van der Waals surface area (Å²) < 4.78 is 32.5. The lowest BCUT2D eigenvalue weighted by atomic mass is 10.1. The number of ether oxygens (including phenoxy) is 1. The summed E-state index contributed by atoms with van der Waals surface area (Å²) in [6.07, 6.45) is -1.49. The van der Waals surface area contributed by atoms with E-state index >= 15 is 0 Å². The zero-order chi connectivity index (χ0) is 17.0. The Labute approximate surface area is 136 Å². The number of hydrogen-bond donors (Lipinski definition) is 0. The number of amides is 1. The molecule has 1 amide bonds. The molecule has 0 aliphatic carbocycles. The van der Waals surface area contributed by atoms with E-state index in [1.54, 1.807) is 4.90 Å². The number of piperazine rings is 1. The molecular formula is C17H24F2N2O2. The van der Waals surface area contributed by atoms with Gasteiger partial charge >= 0.3 is 6.09 Å². The molecule has 128 valence electrons. The van der Waals surface area contributed by atoms with E-state index < -0.39 is 11.8 Å². The second-order valence-electron chi connectivity index (χ2n) is 6.79. The summed E-state index contributed by atoms with van der Waals surface area (Å²) >= 11 is 0. The molecule has 0 radical (unpaired) electrons. The number of halogens is 2. The maximum atomic E-state index is 14.3. The Morgan fingerprint density at radius 3 is 2.26 bits per heavy atom. The quantitative estimate of drug-likeness (QED) is 0.853. The van der Waals surface area contributed by atoms with Crippen LogP contribution in [0, 0.1) is 5.82 Å². The molecule has 6 heteroatoms. The number of nitrogens with zero attached hydrogens (tertiary/aromatic N) is 2. The van der Waals surface area contributed by atoms with Crippen molar-refractivity contribution in [1.29, 1.82) is 0 Å². The van der Waals surface area contributed by atoms with Crippen LogP contribution in [-0.2, 0) is 4.74 Å². The largest absolute Gasteiger partial charge is 0.444 e. The summed E-state index contributed by atoms with van der Waals surface area (Å²) in [4.78, 5) is 15.6. The van der Waals surface area contributed by atoms with Gasteiger partial charge in [0.15, 0.2) is 0 Å². The highest BCUT2D eigenvalue weighted by atomic mass is 19.1. The van der Waals surface area contributed by atoms with Gasteiger partial charge in [0.2, 0.25) is 0 Å². The van der Waals surface area contributed by atoms with Crippen LogP contribution in [0.25, 0.3) is 0 Å². The zero-order valence-corrected chi connectivity index (χ0v) is 13.9. The van der Waals surface area contributed by atoms with Gasteiger partial charge in [0.25, 0.3) is 0 Å². The van der Waals surface area contributed by atoms with E-state index in [0.29, 0.717) is 31.7 Å². The van der Waals surface area contributed by atoms with Crippen molar-refractivity contribution < 1.29 is 18.3 Å². The van der Waals surface area contributed by atoms with Crippen LogP contribution in [0.15, 0.2) is 24.3 Å². The van der Waals surface area contributed by atoms with Gasteiger partial charge in [0, 0.05) is 32.7 Å². The molecule has 1 heterocycles. The molecule has 0 spiro atoms. The first-order chi connectivity index (χ1) is 10.7. The van der Waals surface area contributed by atoms with Crippen molar-refractivity contribution in [3.8, 4) is 0 Å². The van der Waals surface area contributed by atoms with Crippen molar-refractivity contribution >= 4 is 6.09 Å². The van der Waals surface area contributed by atoms with Crippen LogP contribution in [0.4, 0.5) is 13.6 Å². The molecule has 0 bridgehead atoms. The number of alkyl halides is 1. The minimum Gasteiger partial charge on any atom is -0.444 e. The minimum absolute atomic E-state index is 0.244. The summed E-state index contributed by atoms with van der Waals surface area (Å²) in [6.45, 7) is 7.97. The van der Waals surface area contributed by atoms with Gasteiger partial charge in [-0.3, -0.25) is 4.90 Å². The van der Waals surface area contributed by atoms with Gasteiger partial charge in [0.05, 0.1) is 0 Å². The van der Waals surface area contributed by atoms with Crippen LogP contribution in [-0.4, -0.2) is 54.2 Å². The molecule has 1 saturated heterocycles. The second kappa shape index (κ2) is 7.25. The number of carbonyl (C=O) groups excluding carboxylic acids is 1. The third-order valence-electron chi connectivity index (χ3n) is 3.67. The van der Waals surface area contributed by atoms with Crippen LogP contribution in [0.1, 0.15) is 32.5 Å². The summed E-state index contributed by atoms with van der Waals surface area (Å²) in [5.41, 5.74) is -0.0399. The molecule has 1 unspecified atom stereocenters. The smallest absolute Gasteiger partial charge is 0.410 e. The molecule has 4 nitrogen and oxygen atoms in total. The van der Waals surface area contributed by atoms with E-state index in [4.69, 9.17) is 4.74 Å². The third-order valence-corrected chi connectivity index (χ3v) is 3.67. The summed E-state index contributed by atoms with van der Waals surface area (Å²) in [5.74, 6) is -0.369. The van der Waals surface area contributed by atoms with Crippen molar-refractivity contribution in [1.82, 2.24) is 9.80 Å². The molecule has 1 aromatic carbocycles. The fraction of sp³-hybridized carbons (Fsp3) is 0.588. The Hall–Kier alpha value is -1.69. The van der Waals surface area contributed by atoms with E-state index in [9.17, 15) is 13.6 Å². The molecule has 0 saturated carbocycles. The fourth-order valence-corrected chi connectivity index (χ4v) is 2.44. The number of rotatable bonds is 3. The SMILES string of the molecule is CC(C)(C)OC(=O)N1CCN(CC(F)c2ccc(F)cc2)CC1. The van der Waals surface area contributed by atoms with Crippen LogP contribution >= 0.6 is 0 Å². The fourth-order valence-electron chi connectivity index (χ4n) is 2.44. The van der Waals surface area contributed by atoms with Crippen molar-refractivity contribution in [3.05, 3.63) is 35.6 Å². The van der Waals surface area contributed by atoms with Crippen molar-refractivity contribution in [3.63, 3.8) is 0 Å². The average molecular weight is 326 g/mol. The first-order valence-corrected chi connectivity index (χ1v) is 7.84. The van der Waals surface area contributed by atoms with Crippen molar-refractivity contribution in [2.24, 2.45) is 0 Å². The third kappa shape index (κ3) is 5.46. The Kier molecular flexibility index (Phi) is 5.57. The first kappa shape index (κ1) is 17.7. The van der Waals surface area contributed by atoms with Gasteiger partial charge in [-0.1, -0.05) is 12.1 Å². The Bertz CT molecular complexity index is 520. The number of carbonyl (C=O) groups is 1. The highest BCUT2D eigenvalue weighted by molar-refractivity contribution is 5.68. The molecule has 0 N–H and O–H groups in total. The molecular weight excluding hydrogens is 302 g/mol. The highest BCUT2D eigenvalue weighted by Gasteiger charge is 2.27. The van der Waals surface area contributed by atoms with Gasteiger partial charge < -0.3 is 9.64 Å². The topological polar surface area (TPSA) is 32.8 Å². The number of hydrogen-bond acceptors (Lipinski definition) is 3. The van der Waals surface area contributed by atoms with Crippen LogP contribution in [0.2, 0.25) is 0 Å². The van der Waals surface area contributed by atoms with E-state index in [0.717, 1.165) is 0 Å². The molecule has 1 fully saturated rings. The Balaban J connectivity index is 1.80. The lowest BCUT2D eigenvalue weighted by Crippen LogP contribution is -2.50. The number of benzene rings is 1. The van der Waals surface area contributed by atoms with Crippen LogP contribution in [0.5, 0.6) is 0 Å². The molecule has 23 heavy (non-hydrogen) atoms. The lowest BCUT2D eigenvalue weighted by molar-refractivity contribution is 0.0127. The first-order valence-electron chi connectivity index (χ1n) is 7.84. The normalized spacial score (nSPS) is 17.9. The summed E-state index contributed by atoms with van der Waals surface area (Å²) in [6, 6.07) is 5.47. The van der Waals surface area contributed by atoms with Gasteiger partial charge in [-0.05, 0) is 38.5 Å². The lowest BCUT2D eigenvalue weighted by Gasteiger charge is -2.36. The van der Waals surface area contributed by atoms with E-state index in [2.05, 4.69) is 0 Å². The van der Waals surface area contributed by atoms with Gasteiger partial charge in [0.1, 0.15) is 17.6 Å². The zero-order valence-electron chi connectivity index (χ0n) is 13.9. The monoisotopic (exact) mass is 326 g/mol. The molecule has 1 aromatic rings. The molecule has 0 aromatic heterocycles. The highest BCUT2D eigenvalue weighted by Crippen LogP contribution is 2.20. The molecule has 2 rings (SSSR count). The van der Waals surface area contributed by atoms with Gasteiger partial charge in [-0.25, -0.2) is 13.6 Å². The molecule has 1 aliphatic heterocycles. The predicted octanol–water partition coefficient (Wildman–Crippen LogP) is 3.39.